The van der Waals surface area contributed by atoms with E-state index in [-0.39, 0.29) is 29.0 Å². The first kappa shape index (κ1) is 26.2. The molecule has 1 N–H and O–H groups in total. The molecule has 1 atom stereocenters. The third-order valence-corrected chi connectivity index (χ3v) is 8.83. The Morgan fingerprint density at radius 2 is 1.75 bits per heavy atom. The fourth-order valence-electron chi connectivity index (χ4n) is 4.85. The molecule has 192 valence electrons. The predicted octanol–water partition coefficient (Wildman–Crippen LogP) is 3.74. The van der Waals surface area contributed by atoms with Crippen LogP contribution < -0.4 is 5.32 Å². The summed E-state index contributed by atoms with van der Waals surface area (Å²) in [5.41, 5.74) is 0.771. The monoisotopic (exact) mass is 531 g/mol. The van der Waals surface area contributed by atoms with E-state index >= 15 is 0 Å². The number of carbonyl (C=O) groups is 3. The SMILES string of the molecule is CCC(C(=O)NC1CCCCC1)N(Cc1ccc(Cl)cc1)C(=O)CN1C(=O)c2ccccc2S1(=O)=O. The van der Waals surface area contributed by atoms with Crippen LogP contribution in [0.3, 0.4) is 0 Å². The summed E-state index contributed by atoms with van der Waals surface area (Å²) in [5, 5.41) is 3.61. The van der Waals surface area contributed by atoms with E-state index in [1.807, 2.05) is 0 Å². The van der Waals surface area contributed by atoms with Crippen LogP contribution in [-0.4, -0.2) is 54.0 Å². The van der Waals surface area contributed by atoms with Crippen LogP contribution in [0.2, 0.25) is 5.02 Å². The number of halogens is 1. The molecule has 1 aliphatic heterocycles. The largest absolute Gasteiger partial charge is 0.352 e. The van der Waals surface area contributed by atoms with Crippen LogP contribution in [0, 0.1) is 0 Å². The van der Waals surface area contributed by atoms with Crippen molar-refractivity contribution in [3.8, 4) is 0 Å². The Kier molecular flexibility index (Phi) is 8.00. The first-order valence-electron chi connectivity index (χ1n) is 12.2. The van der Waals surface area contributed by atoms with Gasteiger partial charge < -0.3 is 10.2 Å². The van der Waals surface area contributed by atoms with Gasteiger partial charge in [-0.3, -0.25) is 14.4 Å². The van der Waals surface area contributed by atoms with Gasteiger partial charge in [-0.2, -0.15) is 0 Å². The Balaban J connectivity index is 1.60. The minimum Gasteiger partial charge on any atom is -0.352 e. The van der Waals surface area contributed by atoms with Crippen LogP contribution >= 0.6 is 11.6 Å². The molecule has 1 saturated carbocycles. The average Bonchev–Trinajstić information content (AvgIpc) is 3.06. The van der Waals surface area contributed by atoms with Crippen molar-refractivity contribution in [1.29, 1.82) is 0 Å². The van der Waals surface area contributed by atoms with Gasteiger partial charge in [-0.15, -0.1) is 0 Å². The Labute approximate surface area is 216 Å². The average molecular weight is 532 g/mol. The van der Waals surface area contributed by atoms with Crippen LogP contribution in [0.1, 0.15) is 61.4 Å². The van der Waals surface area contributed by atoms with E-state index in [2.05, 4.69) is 5.32 Å². The molecule has 1 unspecified atom stereocenters. The summed E-state index contributed by atoms with van der Waals surface area (Å²) in [6, 6.07) is 12.0. The molecule has 1 heterocycles. The second kappa shape index (κ2) is 11.0. The highest BCUT2D eigenvalue weighted by Gasteiger charge is 2.43. The van der Waals surface area contributed by atoms with Crippen molar-refractivity contribution in [2.75, 3.05) is 6.54 Å². The van der Waals surface area contributed by atoms with Crippen molar-refractivity contribution in [3.63, 3.8) is 0 Å². The van der Waals surface area contributed by atoms with E-state index in [9.17, 15) is 22.8 Å². The lowest BCUT2D eigenvalue weighted by Gasteiger charge is -2.33. The normalized spacial score (nSPS) is 17.9. The number of carbonyl (C=O) groups excluding carboxylic acids is 3. The third kappa shape index (κ3) is 5.42. The molecule has 1 fully saturated rings. The molecule has 0 radical (unpaired) electrons. The number of benzene rings is 2. The molecule has 36 heavy (non-hydrogen) atoms. The van der Waals surface area contributed by atoms with E-state index in [1.165, 1.54) is 23.1 Å². The summed E-state index contributed by atoms with van der Waals surface area (Å²) in [6.07, 6.45) is 5.36. The van der Waals surface area contributed by atoms with Crippen LogP contribution in [0.5, 0.6) is 0 Å². The lowest BCUT2D eigenvalue weighted by atomic mass is 9.95. The summed E-state index contributed by atoms with van der Waals surface area (Å²) in [5.74, 6) is -1.64. The fraction of sp³-hybridized carbons (Fsp3) is 0.423. The van der Waals surface area contributed by atoms with Crippen LogP contribution in [0.25, 0.3) is 0 Å². The van der Waals surface area contributed by atoms with E-state index < -0.39 is 34.4 Å². The molecular weight excluding hydrogens is 502 g/mol. The number of rotatable bonds is 8. The zero-order chi connectivity index (χ0) is 25.9. The summed E-state index contributed by atoms with van der Waals surface area (Å²) >= 11 is 6.01. The minimum absolute atomic E-state index is 0.0386. The molecule has 1 aliphatic carbocycles. The second-order valence-corrected chi connectivity index (χ2v) is 11.5. The molecule has 3 amide bonds. The number of nitrogens with one attached hydrogen (secondary N) is 1. The smallest absolute Gasteiger partial charge is 0.269 e. The van der Waals surface area contributed by atoms with Gasteiger partial charge >= 0.3 is 0 Å². The highest BCUT2D eigenvalue weighted by molar-refractivity contribution is 7.90. The van der Waals surface area contributed by atoms with Gasteiger partial charge in [-0.25, -0.2) is 12.7 Å². The van der Waals surface area contributed by atoms with Gasteiger partial charge in [0.15, 0.2) is 0 Å². The summed E-state index contributed by atoms with van der Waals surface area (Å²) in [4.78, 5) is 41.1. The van der Waals surface area contributed by atoms with E-state index in [4.69, 9.17) is 11.6 Å². The maximum atomic E-state index is 13.6. The van der Waals surface area contributed by atoms with E-state index in [1.54, 1.807) is 37.3 Å². The van der Waals surface area contributed by atoms with Crippen LogP contribution in [0.4, 0.5) is 0 Å². The Morgan fingerprint density at radius 1 is 1.08 bits per heavy atom. The molecule has 2 aromatic rings. The molecule has 0 saturated heterocycles. The lowest BCUT2D eigenvalue weighted by Crippen LogP contribution is -2.53. The van der Waals surface area contributed by atoms with Crippen molar-refractivity contribution in [2.24, 2.45) is 0 Å². The molecular formula is C26H30ClN3O5S. The molecule has 0 spiro atoms. The van der Waals surface area contributed by atoms with Crippen molar-refractivity contribution in [3.05, 3.63) is 64.7 Å². The van der Waals surface area contributed by atoms with Gasteiger partial charge in [0.1, 0.15) is 17.5 Å². The topological polar surface area (TPSA) is 104 Å². The van der Waals surface area contributed by atoms with Crippen molar-refractivity contribution < 1.29 is 22.8 Å². The highest BCUT2D eigenvalue weighted by Crippen LogP contribution is 2.30. The van der Waals surface area contributed by atoms with Gasteiger partial charge in [-0.1, -0.05) is 62.1 Å². The molecule has 0 bridgehead atoms. The Bertz CT molecular complexity index is 1240. The van der Waals surface area contributed by atoms with Gasteiger partial charge in [0.25, 0.3) is 15.9 Å². The maximum absolute atomic E-state index is 13.6. The van der Waals surface area contributed by atoms with Crippen molar-refractivity contribution in [2.45, 2.75) is 69.0 Å². The first-order chi connectivity index (χ1) is 17.2. The van der Waals surface area contributed by atoms with Gasteiger partial charge in [-0.05, 0) is 49.1 Å². The van der Waals surface area contributed by atoms with Crippen molar-refractivity contribution >= 4 is 39.3 Å². The molecule has 4 rings (SSSR count). The van der Waals surface area contributed by atoms with Gasteiger partial charge in [0.2, 0.25) is 11.8 Å². The minimum atomic E-state index is -4.16. The summed E-state index contributed by atoms with van der Waals surface area (Å²) in [6.45, 7) is 1.19. The van der Waals surface area contributed by atoms with Gasteiger partial charge in [0.05, 0.1) is 5.56 Å². The lowest BCUT2D eigenvalue weighted by molar-refractivity contribution is -0.141. The van der Waals surface area contributed by atoms with E-state index in [0.717, 1.165) is 37.7 Å². The zero-order valence-electron chi connectivity index (χ0n) is 20.2. The molecule has 10 heteroatoms. The fourth-order valence-corrected chi connectivity index (χ4v) is 6.50. The van der Waals surface area contributed by atoms with Crippen LogP contribution in [0.15, 0.2) is 53.4 Å². The van der Waals surface area contributed by atoms with Gasteiger partial charge in [0, 0.05) is 17.6 Å². The molecule has 2 aromatic carbocycles. The Morgan fingerprint density at radius 3 is 2.39 bits per heavy atom. The number of nitrogens with zero attached hydrogens (tertiary/aromatic N) is 2. The van der Waals surface area contributed by atoms with Crippen LogP contribution in [-0.2, 0) is 26.2 Å². The zero-order valence-corrected chi connectivity index (χ0v) is 21.7. The third-order valence-electron chi connectivity index (χ3n) is 6.79. The highest BCUT2D eigenvalue weighted by atomic mass is 35.5. The Hall–Kier alpha value is -2.91. The predicted molar refractivity (Wildman–Crippen MR) is 136 cm³/mol. The number of hydrogen-bond acceptors (Lipinski definition) is 5. The number of sulfonamides is 1. The van der Waals surface area contributed by atoms with E-state index in [0.29, 0.717) is 15.7 Å². The second-order valence-electron chi connectivity index (χ2n) is 9.23. The maximum Gasteiger partial charge on any atom is 0.269 e. The first-order valence-corrected chi connectivity index (χ1v) is 14.0. The number of amides is 3. The molecule has 0 aromatic heterocycles. The summed E-state index contributed by atoms with van der Waals surface area (Å²) < 4.78 is 26.6. The summed E-state index contributed by atoms with van der Waals surface area (Å²) in [7, 11) is -4.16. The number of fused-ring (bicyclic) bond motifs is 1. The standard InChI is InChI=1S/C26H30ClN3O5S/c1-2-22(25(32)28-20-8-4-3-5-9-20)29(16-18-12-14-19(27)15-13-18)24(31)17-30-26(33)21-10-6-7-11-23(21)36(30,34)35/h6-7,10-15,20,22H,2-5,8-9,16-17H2,1H3,(H,28,32). The number of hydrogen-bond donors (Lipinski definition) is 1. The van der Waals surface area contributed by atoms with Crippen molar-refractivity contribution in [1.82, 2.24) is 14.5 Å². The quantitative estimate of drug-likeness (QED) is 0.559. The molecule has 8 nitrogen and oxygen atoms in total. The molecule has 2 aliphatic rings.